The fourth-order valence-electron chi connectivity index (χ4n) is 4.45. The molecule has 0 spiro atoms. The van der Waals surface area contributed by atoms with Gasteiger partial charge in [0.25, 0.3) is 5.91 Å². The number of anilines is 1. The first-order valence-corrected chi connectivity index (χ1v) is 12.8. The van der Waals surface area contributed by atoms with Gasteiger partial charge in [0.2, 0.25) is 0 Å². The van der Waals surface area contributed by atoms with E-state index in [1.165, 1.54) is 23.8 Å². The van der Waals surface area contributed by atoms with Crippen LogP contribution in [-0.4, -0.2) is 32.7 Å². The highest BCUT2D eigenvalue weighted by Gasteiger charge is 2.42. The summed E-state index contributed by atoms with van der Waals surface area (Å²) in [7, 11) is 0. The summed E-state index contributed by atoms with van der Waals surface area (Å²) in [6.07, 6.45) is 2.08. The Kier molecular flexibility index (Phi) is 6.24. The highest BCUT2D eigenvalue weighted by molar-refractivity contribution is 14.1. The van der Waals surface area contributed by atoms with Crippen molar-refractivity contribution in [2.24, 2.45) is 11.7 Å². The summed E-state index contributed by atoms with van der Waals surface area (Å²) in [6, 6.07) is 11.6. The summed E-state index contributed by atoms with van der Waals surface area (Å²) in [4.78, 5) is 27.6. The van der Waals surface area contributed by atoms with Crippen molar-refractivity contribution in [2.75, 3.05) is 5.32 Å². The number of rotatable bonds is 5. The molecule has 2 aromatic carbocycles. The number of primary amides is 1. The van der Waals surface area contributed by atoms with E-state index in [0.717, 1.165) is 17.3 Å². The van der Waals surface area contributed by atoms with Crippen LogP contribution in [-0.2, 0) is 17.5 Å². The molecule has 1 aliphatic heterocycles. The second-order valence-corrected chi connectivity index (χ2v) is 9.81. The first-order chi connectivity index (χ1) is 16.4. The molecular formula is C24H22ClFIN5O2. The molecule has 1 aliphatic carbocycles. The lowest BCUT2D eigenvalue weighted by Crippen LogP contribution is -2.49. The van der Waals surface area contributed by atoms with Gasteiger partial charge in [0.05, 0.1) is 35.4 Å². The van der Waals surface area contributed by atoms with Crippen LogP contribution in [0.5, 0.6) is 0 Å². The Hall–Kier alpha value is -2.66. The fraction of sp³-hybridized carbons (Fsp3) is 0.292. The van der Waals surface area contributed by atoms with E-state index in [1.54, 1.807) is 9.58 Å². The number of alkyl halides is 1. The van der Waals surface area contributed by atoms with Crippen molar-refractivity contribution in [3.05, 3.63) is 70.1 Å². The number of fused-ring (bicyclic) bond motifs is 1. The van der Waals surface area contributed by atoms with Crippen LogP contribution in [0.25, 0.3) is 11.3 Å². The van der Waals surface area contributed by atoms with Crippen molar-refractivity contribution in [1.82, 2.24) is 14.7 Å². The Morgan fingerprint density at radius 2 is 1.94 bits per heavy atom. The Morgan fingerprint density at radius 1 is 1.21 bits per heavy atom. The summed E-state index contributed by atoms with van der Waals surface area (Å²) in [5.74, 6) is -0.834. The van der Waals surface area contributed by atoms with Crippen LogP contribution in [0.1, 0.15) is 34.5 Å². The summed E-state index contributed by atoms with van der Waals surface area (Å²) in [5, 5.41) is 7.57. The Balaban J connectivity index is 1.49. The van der Waals surface area contributed by atoms with Gasteiger partial charge in [0.1, 0.15) is 11.5 Å². The molecule has 1 atom stereocenters. The molecule has 0 radical (unpaired) electrons. The maximum atomic E-state index is 13.7. The van der Waals surface area contributed by atoms with Gasteiger partial charge in [0, 0.05) is 15.7 Å². The first-order valence-electron chi connectivity index (χ1n) is 10.9. The van der Waals surface area contributed by atoms with E-state index in [1.807, 2.05) is 24.3 Å². The molecule has 7 nitrogen and oxygen atoms in total. The van der Waals surface area contributed by atoms with Gasteiger partial charge in [-0.05, 0) is 54.7 Å². The number of carbonyl (C=O) groups is 2. The summed E-state index contributed by atoms with van der Waals surface area (Å²) >= 11 is 8.26. The zero-order valence-corrected chi connectivity index (χ0v) is 21.0. The van der Waals surface area contributed by atoms with Crippen LogP contribution in [0.3, 0.4) is 0 Å². The number of hydrogen-bond donors (Lipinski definition) is 2. The van der Waals surface area contributed by atoms with Crippen molar-refractivity contribution in [2.45, 2.75) is 36.4 Å². The highest BCUT2D eigenvalue weighted by atomic mass is 127. The number of nitrogens with one attached hydrogen (secondary N) is 1. The lowest BCUT2D eigenvalue weighted by molar-refractivity contribution is 0.0993. The van der Waals surface area contributed by atoms with E-state index in [9.17, 15) is 14.0 Å². The second-order valence-electron chi connectivity index (χ2n) is 8.64. The van der Waals surface area contributed by atoms with Gasteiger partial charge < -0.3 is 16.0 Å². The molecule has 176 valence electrons. The van der Waals surface area contributed by atoms with Crippen LogP contribution in [0.2, 0.25) is 5.02 Å². The third-order valence-electron chi connectivity index (χ3n) is 6.36. The number of aromatic nitrogens is 2. The van der Waals surface area contributed by atoms with E-state index < -0.39 is 11.7 Å². The van der Waals surface area contributed by atoms with Crippen LogP contribution in [0.15, 0.2) is 42.5 Å². The number of hydrogen-bond acceptors (Lipinski definition) is 3. The minimum Gasteiger partial charge on any atom is -0.365 e. The minimum atomic E-state index is -0.656. The van der Waals surface area contributed by atoms with Gasteiger partial charge in [-0.25, -0.2) is 9.18 Å². The van der Waals surface area contributed by atoms with Crippen molar-refractivity contribution < 1.29 is 14.0 Å². The minimum absolute atomic E-state index is 0.0496. The predicted octanol–water partition coefficient (Wildman–Crippen LogP) is 5.20. The monoisotopic (exact) mass is 593 g/mol. The number of benzene rings is 2. The van der Waals surface area contributed by atoms with Gasteiger partial charge in [-0.15, -0.1) is 0 Å². The Bertz CT molecular complexity index is 1280. The normalized spacial score (nSPS) is 17.4. The first kappa shape index (κ1) is 23.1. The van der Waals surface area contributed by atoms with E-state index in [2.05, 4.69) is 33.0 Å². The molecule has 2 heterocycles. The SMILES string of the molecule is NC(=O)c1c(-c2ccc(F)c(Cl)c2)nn2c1CN(C(=O)Nc1ccc(CI)cc1)C(C1CC1)C2. The molecule has 3 N–H and O–H groups in total. The summed E-state index contributed by atoms with van der Waals surface area (Å²) in [5.41, 5.74) is 9.27. The number of nitrogens with zero attached hydrogens (tertiary/aromatic N) is 3. The molecule has 1 saturated carbocycles. The van der Waals surface area contributed by atoms with Gasteiger partial charge in [-0.3, -0.25) is 9.48 Å². The number of carbonyl (C=O) groups excluding carboxylic acids is 2. The van der Waals surface area contributed by atoms with Crippen molar-refractivity contribution in [1.29, 1.82) is 0 Å². The molecule has 0 bridgehead atoms. The molecule has 2 aliphatic rings. The lowest BCUT2D eigenvalue weighted by atomic mass is 10.0. The number of nitrogens with two attached hydrogens (primary N) is 1. The Morgan fingerprint density at radius 3 is 2.56 bits per heavy atom. The molecule has 1 unspecified atom stereocenters. The van der Waals surface area contributed by atoms with E-state index in [0.29, 0.717) is 35.1 Å². The average Bonchev–Trinajstić information content (AvgIpc) is 3.60. The largest absolute Gasteiger partial charge is 0.365 e. The highest BCUT2D eigenvalue weighted by Crippen LogP contribution is 2.40. The van der Waals surface area contributed by atoms with Gasteiger partial charge in [0.15, 0.2) is 0 Å². The summed E-state index contributed by atoms with van der Waals surface area (Å²) in [6.45, 7) is 0.648. The molecule has 34 heavy (non-hydrogen) atoms. The standard InChI is InChI=1S/C24H22ClFIN5O2/c25-17-9-15(5-8-18(17)26)22-21(23(28)33)20-11-31(19(14-3-4-14)12-32(20)30-22)24(34)29-16-6-1-13(10-27)2-7-16/h1-2,5-9,14,19H,3-4,10-12H2,(H2,28,33)(H,29,34). The molecule has 5 rings (SSSR count). The van der Waals surface area contributed by atoms with Crippen LogP contribution < -0.4 is 11.1 Å². The molecule has 1 fully saturated rings. The van der Waals surface area contributed by atoms with E-state index in [4.69, 9.17) is 17.3 Å². The molecule has 3 amide bonds. The lowest BCUT2D eigenvalue weighted by Gasteiger charge is -2.36. The molecule has 3 aromatic rings. The van der Waals surface area contributed by atoms with Gasteiger partial charge >= 0.3 is 6.03 Å². The van der Waals surface area contributed by atoms with Crippen molar-refractivity contribution in [3.8, 4) is 11.3 Å². The topological polar surface area (TPSA) is 93.2 Å². The van der Waals surface area contributed by atoms with Crippen molar-refractivity contribution in [3.63, 3.8) is 0 Å². The van der Waals surface area contributed by atoms with Gasteiger partial charge in [-0.2, -0.15) is 5.10 Å². The smallest absolute Gasteiger partial charge is 0.322 e. The van der Waals surface area contributed by atoms with Crippen LogP contribution in [0, 0.1) is 11.7 Å². The van der Waals surface area contributed by atoms with Crippen LogP contribution in [0.4, 0.5) is 14.9 Å². The second kappa shape index (κ2) is 9.18. The van der Waals surface area contributed by atoms with E-state index in [-0.39, 0.29) is 29.2 Å². The van der Waals surface area contributed by atoms with E-state index >= 15 is 0 Å². The maximum Gasteiger partial charge on any atom is 0.322 e. The third kappa shape index (κ3) is 4.38. The number of amides is 3. The number of urea groups is 1. The predicted molar refractivity (Wildman–Crippen MR) is 136 cm³/mol. The van der Waals surface area contributed by atoms with Crippen LogP contribution >= 0.6 is 34.2 Å². The maximum absolute atomic E-state index is 13.7. The fourth-order valence-corrected chi connectivity index (χ4v) is 5.14. The molecular weight excluding hydrogens is 572 g/mol. The zero-order valence-electron chi connectivity index (χ0n) is 18.1. The van der Waals surface area contributed by atoms with Gasteiger partial charge in [-0.1, -0.05) is 46.3 Å². The third-order valence-corrected chi connectivity index (χ3v) is 7.53. The average molecular weight is 594 g/mol. The zero-order chi connectivity index (χ0) is 24.0. The molecule has 0 saturated heterocycles. The van der Waals surface area contributed by atoms with Crippen molar-refractivity contribution >= 4 is 51.8 Å². The molecule has 10 heteroatoms. The molecule has 1 aromatic heterocycles. The summed E-state index contributed by atoms with van der Waals surface area (Å²) < 4.78 is 16.4. The quantitative estimate of drug-likeness (QED) is 0.315. The number of halogens is 3. The Labute approximate surface area is 214 Å².